The van der Waals surface area contributed by atoms with Crippen molar-refractivity contribution < 1.29 is 10.2 Å². The summed E-state index contributed by atoms with van der Waals surface area (Å²) < 4.78 is 0. The molecule has 4 saturated carbocycles. The summed E-state index contributed by atoms with van der Waals surface area (Å²) in [5.41, 5.74) is 0.232. The van der Waals surface area contributed by atoms with Crippen molar-refractivity contribution in [3.63, 3.8) is 0 Å². The Morgan fingerprint density at radius 3 is 2.56 bits per heavy atom. The average Bonchev–Trinajstić information content (AvgIpc) is 2.63. The Bertz CT molecular complexity index is 381. The molecule has 0 radical (unpaired) electrons. The second-order valence-corrected chi connectivity index (χ2v) is 7.43. The fourth-order valence-electron chi connectivity index (χ4n) is 6.29. The first-order valence-corrected chi connectivity index (χ1v) is 6.81. The number of aliphatic hydroxyl groups is 2. The van der Waals surface area contributed by atoms with Crippen molar-refractivity contribution in [1.82, 2.24) is 0 Å². The molecule has 4 aliphatic carbocycles. The summed E-state index contributed by atoms with van der Waals surface area (Å²) in [6.07, 6.45) is 6.34. The minimum Gasteiger partial charge on any atom is -0.393 e. The number of hydrogen-bond donors (Lipinski definition) is 2. The zero-order chi connectivity index (χ0) is 11.4. The zero-order valence-electron chi connectivity index (χ0n) is 10.3. The molecule has 4 rings (SSSR count). The molecule has 90 valence electrons. The lowest BCUT2D eigenvalue weighted by Gasteiger charge is -2.62. The van der Waals surface area contributed by atoms with Crippen LogP contribution < -0.4 is 0 Å². The van der Waals surface area contributed by atoms with Crippen LogP contribution in [-0.4, -0.2) is 21.9 Å². The summed E-state index contributed by atoms with van der Waals surface area (Å²) in [6.45, 7) is 4.55. The molecule has 4 aliphatic rings. The molecule has 0 aromatic carbocycles. The lowest BCUT2D eigenvalue weighted by molar-refractivity contribution is -0.180. The van der Waals surface area contributed by atoms with Gasteiger partial charge in [-0.1, -0.05) is 20.3 Å². The first kappa shape index (κ1) is 9.90. The van der Waals surface area contributed by atoms with E-state index in [1.807, 2.05) is 0 Å². The van der Waals surface area contributed by atoms with E-state index in [2.05, 4.69) is 13.8 Å². The van der Waals surface area contributed by atoms with E-state index in [0.717, 1.165) is 32.1 Å². The van der Waals surface area contributed by atoms with Crippen molar-refractivity contribution in [3.05, 3.63) is 0 Å². The van der Waals surface area contributed by atoms with Crippen molar-refractivity contribution in [1.29, 1.82) is 0 Å². The number of fused-ring (bicyclic) bond motifs is 1. The minimum absolute atomic E-state index is 0.0954. The van der Waals surface area contributed by atoms with Gasteiger partial charge in [0.25, 0.3) is 0 Å². The van der Waals surface area contributed by atoms with E-state index in [1.54, 1.807) is 0 Å². The second-order valence-electron chi connectivity index (χ2n) is 7.43. The largest absolute Gasteiger partial charge is 0.393 e. The summed E-state index contributed by atoms with van der Waals surface area (Å²) in [7, 11) is 0. The Morgan fingerprint density at radius 1 is 1.06 bits per heavy atom. The van der Waals surface area contributed by atoms with E-state index in [0.29, 0.717) is 5.92 Å². The maximum Gasteiger partial charge on any atom is 0.0745 e. The highest BCUT2D eigenvalue weighted by molar-refractivity contribution is 5.40. The van der Waals surface area contributed by atoms with Crippen LogP contribution in [0.5, 0.6) is 0 Å². The standard InChI is InChI=1S/C14H22O2/c1-11-6-7-14(16)10-12(14,2)8-13(10,11)5-3-4-9(11)15/h9-10,15-16H,3-8H2,1-2H3/t9-,10-,11+,12-,13+,14-/m0/s1. The molecule has 4 fully saturated rings. The molecule has 2 nitrogen and oxygen atoms in total. The molecule has 0 heterocycles. The average molecular weight is 222 g/mol. The monoisotopic (exact) mass is 222 g/mol. The summed E-state index contributed by atoms with van der Waals surface area (Å²) in [5, 5.41) is 21.0. The third-order valence-corrected chi connectivity index (χ3v) is 7.25. The van der Waals surface area contributed by atoms with Crippen LogP contribution in [0.15, 0.2) is 0 Å². The maximum atomic E-state index is 10.7. The topological polar surface area (TPSA) is 40.5 Å². The Kier molecular flexibility index (Phi) is 1.39. The molecule has 16 heavy (non-hydrogen) atoms. The zero-order valence-corrected chi connectivity index (χ0v) is 10.3. The van der Waals surface area contributed by atoms with Crippen LogP contribution in [0.1, 0.15) is 52.4 Å². The van der Waals surface area contributed by atoms with Gasteiger partial charge in [0.15, 0.2) is 0 Å². The molecule has 0 aliphatic heterocycles. The molecule has 2 N–H and O–H groups in total. The molecule has 0 aromatic rings. The van der Waals surface area contributed by atoms with Gasteiger partial charge in [-0.2, -0.15) is 0 Å². The first-order chi connectivity index (χ1) is 7.41. The molecule has 0 saturated heterocycles. The number of aliphatic hydroxyl groups excluding tert-OH is 1. The predicted molar refractivity (Wildman–Crippen MR) is 60.8 cm³/mol. The quantitative estimate of drug-likeness (QED) is 0.659. The number of rotatable bonds is 0. The molecule has 0 bridgehead atoms. The third-order valence-electron chi connectivity index (χ3n) is 7.25. The fraction of sp³-hybridized carbons (Fsp3) is 1.00. The van der Waals surface area contributed by atoms with Crippen LogP contribution in [0.2, 0.25) is 0 Å². The van der Waals surface area contributed by atoms with Gasteiger partial charge in [0.1, 0.15) is 0 Å². The smallest absolute Gasteiger partial charge is 0.0745 e. The van der Waals surface area contributed by atoms with E-state index >= 15 is 0 Å². The van der Waals surface area contributed by atoms with E-state index in [4.69, 9.17) is 0 Å². The van der Waals surface area contributed by atoms with Crippen LogP contribution in [0.4, 0.5) is 0 Å². The fourth-order valence-corrected chi connectivity index (χ4v) is 6.29. The van der Waals surface area contributed by atoms with E-state index in [9.17, 15) is 10.2 Å². The summed E-state index contributed by atoms with van der Waals surface area (Å²) in [4.78, 5) is 0. The van der Waals surface area contributed by atoms with Crippen molar-refractivity contribution >= 4 is 0 Å². The Hall–Kier alpha value is -0.0800. The molecule has 0 amide bonds. The van der Waals surface area contributed by atoms with Gasteiger partial charge in [-0.3, -0.25) is 0 Å². The number of hydrogen-bond acceptors (Lipinski definition) is 2. The third kappa shape index (κ3) is 0.647. The molecule has 0 aromatic heterocycles. The van der Waals surface area contributed by atoms with Gasteiger partial charge in [-0.25, -0.2) is 0 Å². The van der Waals surface area contributed by atoms with Gasteiger partial charge >= 0.3 is 0 Å². The van der Waals surface area contributed by atoms with Crippen LogP contribution >= 0.6 is 0 Å². The highest BCUT2D eigenvalue weighted by Crippen LogP contribution is 2.91. The van der Waals surface area contributed by atoms with Gasteiger partial charge in [0, 0.05) is 11.3 Å². The van der Waals surface area contributed by atoms with E-state index < -0.39 is 0 Å². The summed E-state index contributed by atoms with van der Waals surface area (Å²) in [5.74, 6) is 0.501. The van der Waals surface area contributed by atoms with Gasteiger partial charge in [-0.15, -0.1) is 0 Å². The predicted octanol–water partition coefficient (Wildman–Crippen LogP) is 2.09. The van der Waals surface area contributed by atoms with Crippen LogP contribution in [0, 0.1) is 22.2 Å². The van der Waals surface area contributed by atoms with Crippen molar-refractivity contribution in [2.24, 2.45) is 22.2 Å². The molecule has 2 heteroatoms. The second kappa shape index (κ2) is 2.24. The first-order valence-electron chi connectivity index (χ1n) is 6.81. The van der Waals surface area contributed by atoms with Crippen molar-refractivity contribution in [2.75, 3.05) is 0 Å². The molecular formula is C14H22O2. The van der Waals surface area contributed by atoms with Crippen LogP contribution in [0.3, 0.4) is 0 Å². The summed E-state index contributed by atoms with van der Waals surface area (Å²) >= 11 is 0. The normalized spacial score (nSPS) is 71.2. The Labute approximate surface area is 97.0 Å². The molecule has 1 spiro atoms. The van der Waals surface area contributed by atoms with Crippen LogP contribution in [0.25, 0.3) is 0 Å². The highest BCUT2D eigenvalue weighted by atomic mass is 16.3. The lowest BCUT2D eigenvalue weighted by Crippen LogP contribution is -2.59. The van der Waals surface area contributed by atoms with Crippen molar-refractivity contribution in [3.8, 4) is 0 Å². The maximum absolute atomic E-state index is 10.7. The van der Waals surface area contributed by atoms with Crippen molar-refractivity contribution in [2.45, 2.75) is 64.1 Å². The minimum atomic E-state index is -0.358. The lowest BCUT2D eigenvalue weighted by atomic mass is 9.43. The van der Waals surface area contributed by atoms with Gasteiger partial charge < -0.3 is 10.2 Å². The van der Waals surface area contributed by atoms with Gasteiger partial charge in [-0.05, 0) is 42.9 Å². The Morgan fingerprint density at radius 2 is 1.81 bits per heavy atom. The molecule has 0 unspecified atom stereocenters. The molecule has 6 atom stereocenters. The SMILES string of the molecule is C[C@@]12C[C@@]34CCC[C@H](O)[C@@]3(C)CC[C@]1(O)[C@H]42. The van der Waals surface area contributed by atoms with E-state index in [-0.39, 0.29) is 27.9 Å². The summed E-state index contributed by atoms with van der Waals surface area (Å²) in [6, 6.07) is 0. The van der Waals surface area contributed by atoms with Gasteiger partial charge in [0.05, 0.1) is 11.7 Å². The highest BCUT2D eigenvalue weighted by Gasteiger charge is 2.92. The Balaban J connectivity index is 1.82. The molecular weight excluding hydrogens is 200 g/mol. The van der Waals surface area contributed by atoms with Gasteiger partial charge in [0.2, 0.25) is 0 Å². The van der Waals surface area contributed by atoms with E-state index in [1.165, 1.54) is 6.42 Å². The van der Waals surface area contributed by atoms with Crippen LogP contribution in [-0.2, 0) is 0 Å².